The van der Waals surface area contributed by atoms with Crippen LogP contribution in [0.5, 0.6) is 0 Å². The Morgan fingerprint density at radius 1 is 1.11 bits per heavy atom. The molecule has 1 amide bonds. The van der Waals surface area contributed by atoms with Crippen LogP contribution in [-0.4, -0.2) is 12.1 Å². The van der Waals surface area contributed by atoms with Gasteiger partial charge in [-0.25, -0.2) is 0 Å². The summed E-state index contributed by atoms with van der Waals surface area (Å²) in [5.74, 6) is -0.448. The fourth-order valence-electron chi connectivity index (χ4n) is 1.85. The summed E-state index contributed by atoms with van der Waals surface area (Å²) >= 11 is 0. The summed E-state index contributed by atoms with van der Waals surface area (Å²) in [6.07, 6.45) is 1.71. The SMILES string of the molecule is Cc1ccccc1C=NC(C(N)=O)c1ccccc1. The predicted molar refractivity (Wildman–Crippen MR) is 77.2 cm³/mol. The summed E-state index contributed by atoms with van der Waals surface area (Å²) in [6, 6.07) is 16.6. The molecule has 0 bridgehead atoms. The molecule has 19 heavy (non-hydrogen) atoms. The summed E-state index contributed by atoms with van der Waals surface area (Å²) < 4.78 is 0. The van der Waals surface area contributed by atoms with E-state index in [9.17, 15) is 4.79 Å². The number of rotatable bonds is 4. The molecular formula is C16H16N2O. The Hall–Kier alpha value is -2.42. The van der Waals surface area contributed by atoms with Gasteiger partial charge in [-0.1, -0.05) is 54.6 Å². The Kier molecular flexibility index (Phi) is 4.08. The van der Waals surface area contributed by atoms with Gasteiger partial charge in [0.1, 0.15) is 0 Å². The maximum atomic E-state index is 11.5. The number of nitrogens with two attached hydrogens (primary N) is 1. The second kappa shape index (κ2) is 5.96. The van der Waals surface area contributed by atoms with Crippen molar-refractivity contribution >= 4 is 12.1 Å². The molecular weight excluding hydrogens is 236 g/mol. The summed E-state index contributed by atoms with van der Waals surface area (Å²) in [5, 5.41) is 0. The van der Waals surface area contributed by atoms with E-state index in [2.05, 4.69) is 4.99 Å². The molecule has 0 saturated heterocycles. The van der Waals surface area contributed by atoms with Crippen LogP contribution in [0, 0.1) is 6.92 Å². The Labute approximate surface area is 112 Å². The number of hydrogen-bond acceptors (Lipinski definition) is 2. The van der Waals surface area contributed by atoms with Gasteiger partial charge in [-0.3, -0.25) is 9.79 Å². The maximum Gasteiger partial charge on any atom is 0.246 e. The normalized spacial score (nSPS) is 12.5. The third-order valence-electron chi connectivity index (χ3n) is 2.94. The van der Waals surface area contributed by atoms with E-state index < -0.39 is 11.9 Å². The number of primary amides is 1. The molecule has 3 heteroatoms. The highest BCUT2D eigenvalue weighted by Gasteiger charge is 2.15. The highest BCUT2D eigenvalue weighted by Crippen LogP contribution is 2.17. The average molecular weight is 252 g/mol. The molecule has 0 aliphatic carbocycles. The van der Waals surface area contributed by atoms with Crippen molar-refractivity contribution in [3.63, 3.8) is 0 Å². The van der Waals surface area contributed by atoms with Gasteiger partial charge in [-0.05, 0) is 23.6 Å². The standard InChI is InChI=1S/C16H16N2O/c1-12-7-5-6-10-14(12)11-18-15(16(17)19)13-8-3-2-4-9-13/h2-11,15H,1H3,(H2,17,19). The van der Waals surface area contributed by atoms with Gasteiger partial charge in [0.2, 0.25) is 5.91 Å². The zero-order valence-electron chi connectivity index (χ0n) is 10.8. The van der Waals surface area contributed by atoms with E-state index in [0.717, 1.165) is 16.7 Å². The fraction of sp³-hybridized carbons (Fsp3) is 0.125. The van der Waals surface area contributed by atoms with E-state index in [4.69, 9.17) is 5.73 Å². The Morgan fingerprint density at radius 2 is 1.74 bits per heavy atom. The van der Waals surface area contributed by atoms with E-state index in [1.807, 2.05) is 61.5 Å². The van der Waals surface area contributed by atoms with Gasteiger partial charge in [0.25, 0.3) is 0 Å². The van der Waals surface area contributed by atoms with Crippen molar-refractivity contribution in [1.29, 1.82) is 0 Å². The van der Waals surface area contributed by atoms with Crippen molar-refractivity contribution < 1.29 is 4.79 Å². The minimum Gasteiger partial charge on any atom is -0.368 e. The average Bonchev–Trinajstić information content (AvgIpc) is 2.42. The van der Waals surface area contributed by atoms with Gasteiger partial charge in [0.15, 0.2) is 6.04 Å². The molecule has 2 aromatic rings. The summed E-state index contributed by atoms with van der Waals surface area (Å²) in [4.78, 5) is 15.8. The van der Waals surface area contributed by atoms with Gasteiger partial charge in [0.05, 0.1) is 0 Å². The molecule has 0 saturated carbocycles. The van der Waals surface area contributed by atoms with Crippen molar-refractivity contribution in [1.82, 2.24) is 0 Å². The summed E-state index contributed by atoms with van der Waals surface area (Å²) in [7, 11) is 0. The van der Waals surface area contributed by atoms with Crippen LogP contribution in [0.15, 0.2) is 59.6 Å². The van der Waals surface area contributed by atoms with Gasteiger partial charge in [-0.2, -0.15) is 0 Å². The van der Waals surface area contributed by atoms with Crippen molar-refractivity contribution in [3.8, 4) is 0 Å². The number of carbonyl (C=O) groups excluding carboxylic acids is 1. The van der Waals surface area contributed by atoms with Crippen LogP contribution in [0.1, 0.15) is 22.7 Å². The van der Waals surface area contributed by atoms with Crippen LogP contribution in [0.25, 0.3) is 0 Å². The second-order valence-corrected chi connectivity index (χ2v) is 4.35. The number of aryl methyl sites for hydroxylation is 1. The minimum absolute atomic E-state index is 0.448. The topological polar surface area (TPSA) is 55.4 Å². The molecule has 2 rings (SSSR count). The van der Waals surface area contributed by atoms with Gasteiger partial charge in [0, 0.05) is 6.21 Å². The Bertz CT molecular complexity index is 591. The van der Waals surface area contributed by atoms with E-state index >= 15 is 0 Å². The molecule has 2 aromatic carbocycles. The molecule has 0 aliphatic rings. The van der Waals surface area contributed by atoms with E-state index in [0.29, 0.717) is 0 Å². The monoisotopic (exact) mass is 252 g/mol. The zero-order chi connectivity index (χ0) is 13.7. The lowest BCUT2D eigenvalue weighted by Gasteiger charge is -2.08. The molecule has 3 nitrogen and oxygen atoms in total. The van der Waals surface area contributed by atoms with Gasteiger partial charge < -0.3 is 5.73 Å². The van der Waals surface area contributed by atoms with E-state index in [1.165, 1.54) is 0 Å². The van der Waals surface area contributed by atoms with Crippen LogP contribution in [0.2, 0.25) is 0 Å². The third kappa shape index (κ3) is 3.28. The molecule has 0 fully saturated rings. The minimum atomic E-state index is -0.638. The van der Waals surface area contributed by atoms with Crippen LogP contribution in [-0.2, 0) is 4.79 Å². The number of nitrogens with zero attached hydrogens (tertiary/aromatic N) is 1. The van der Waals surface area contributed by atoms with Crippen LogP contribution >= 0.6 is 0 Å². The maximum absolute atomic E-state index is 11.5. The van der Waals surface area contributed by atoms with Crippen LogP contribution < -0.4 is 5.73 Å². The van der Waals surface area contributed by atoms with E-state index in [1.54, 1.807) is 6.21 Å². The number of carbonyl (C=O) groups is 1. The molecule has 0 heterocycles. The highest BCUT2D eigenvalue weighted by molar-refractivity contribution is 5.87. The molecule has 0 radical (unpaired) electrons. The van der Waals surface area contributed by atoms with Crippen molar-refractivity contribution in [2.24, 2.45) is 10.7 Å². The first-order valence-corrected chi connectivity index (χ1v) is 6.11. The Balaban J connectivity index is 2.28. The number of benzene rings is 2. The summed E-state index contributed by atoms with van der Waals surface area (Å²) in [5.41, 5.74) is 8.33. The summed E-state index contributed by atoms with van der Waals surface area (Å²) in [6.45, 7) is 2.00. The molecule has 1 atom stereocenters. The Morgan fingerprint density at radius 3 is 2.37 bits per heavy atom. The largest absolute Gasteiger partial charge is 0.368 e. The van der Waals surface area contributed by atoms with Crippen molar-refractivity contribution in [2.45, 2.75) is 13.0 Å². The number of aliphatic imine (C=N–C) groups is 1. The van der Waals surface area contributed by atoms with Gasteiger partial charge in [-0.15, -0.1) is 0 Å². The number of amides is 1. The van der Waals surface area contributed by atoms with E-state index in [-0.39, 0.29) is 0 Å². The first kappa shape index (κ1) is 13.0. The molecule has 0 aromatic heterocycles. The first-order valence-electron chi connectivity index (χ1n) is 6.11. The smallest absolute Gasteiger partial charge is 0.246 e. The second-order valence-electron chi connectivity index (χ2n) is 4.35. The zero-order valence-corrected chi connectivity index (χ0v) is 10.8. The third-order valence-corrected chi connectivity index (χ3v) is 2.94. The molecule has 96 valence electrons. The lowest BCUT2D eigenvalue weighted by Crippen LogP contribution is -2.20. The van der Waals surface area contributed by atoms with Crippen LogP contribution in [0.4, 0.5) is 0 Å². The molecule has 2 N–H and O–H groups in total. The quantitative estimate of drug-likeness (QED) is 0.835. The lowest BCUT2D eigenvalue weighted by molar-refractivity contribution is -0.119. The van der Waals surface area contributed by atoms with Crippen molar-refractivity contribution in [3.05, 3.63) is 71.3 Å². The van der Waals surface area contributed by atoms with Gasteiger partial charge >= 0.3 is 0 Å². The number of hydrogen-bond donors (Lipinski definition) is 1. The predicted octanol–water partition coefficient (Wildman–Crippen LogP) is 2.64. The fourth-order valence-corrected chi connectivity index (χ4v) is 1.85. The highest BCUT2D eigenvalue weighted by atomic mass is 16.1. The first-order chi connectivity index (χ1) is 9.18. The van der Waals surface area contributed by atoms with Crippen LogP contribution in [0.3, 0.4) is 0 Å². The lowest BCUT2D eigenvalue weighted by atomic mass is 10.1. The molecule has 1 unspecified atom stereocenters. The molecule has 0 spiro atoms. The van der Waals surface area contributed by atoms with Crippen molar-refractivity contribution in [2.75, 3.05) is 0 Å². The molecule has 0 aliphatic heterocycles.